The molecule has 0 bridgehead atoms. The third-order valence-corrected chi connectivity index (χ3v) is 3.35. The number of hydrogen-bond donors (Lipinski definition) is 2. The molecular formula is C12H27NOS. The van der Waals surface area contributed by atoms with E-state index in [1.165, 1.54) is 0 Å². The molecule has 0 saturated heterocycles. The van der Waals surface area contributed by atoms with Crippen LogP contribution in [0.25, 0.3) is 0 Å². The van der Waals surface area contributed by atoms with E-state index in [4.69, 9.17) is 0 Å². The topological polar surface area (TPSA) is 23.5 Å². The van der Waals surface area contributed by atoms with E-state index < -0.39 is 0 Å². The van der Waals surface area contributed by atoms with Gasteiger partial charge in [0.2, 0.25) is 0 Å². The van der Waals surface area contributed by atoms with E-state index in [9.17, 15) is 5.11 Å². The molecule has 92 valence electrons. The number of hydrogen-bond acceptors (Lipinski definition) is 3. The summed E-state index contributed by atoms with van der Waals surface area (Å²) in [6.45, 7) is 10.6. The molecule has 0 aromatic carbocycles. The highest BCUT2D eigenvalue weighted by Crippen LogP contribution is 2.27. The van der Waals surface area contributed by atoms with Crippen molar-refractivity contribution in [3.05, 3.63) is 0 Å². The molecule has 0 aliphatic carbocycles. The van der Waals surface area contributed by atoms with Crippen molar-refractivity contribution < 1.29 is 5.11 Å². The molecule has 2 nitrogen and oxygen atoms in total. The molecule has 0 saturated carbocycles. The van der Waals surface area contributed by atoms with Crippen molar-refractivity contribution in [2.24, 2.45) is 11.3 Å². The van der Waals surface area contributed by atoms with Crippen molar-refractivity contribution in [2.45, 2.75) is 40.2 Å². The molecule has 0 fully saturated rings. The summed E-state index contributed by atoms with van der Waals surface area (Å²) in [5, 5.41) is 9.21. The van der Waals surface area contributed by atoms with Crippen molar-refractivity contribution in [3.63, 3.8) is 0 Å². The molecule has 0 aromatic rings. The molecule has 0 aliphatic rings. The molecule has 0 heterocycles. The predicted molar refractivity (Wildman–Crippen MR) is 70.6 cm³/mol. The highest BCUT2D eigenvalue weighted by molar-refractivity contribution is 7.80. The maximum atomic E-state index is 9.21. The number of aliphatic hydroxyl groups excluding tert-OH is 1. The zero-order valence-corrected chi connectivity index (χ0v) is 11.7. The lowest BCUT2D eigenvalue weighted by molar-refractivity contribution is 0.143. The van der Waals surface area contributed by atoms with Gasteiger partial charge in [-0.3, -0.25) is 0 Å². The van der Waals surface area contributed by atoms with E-state index in [-0.39, 0.29) is 6.10 Å². The van der Waals surface area contributed by atoms with Gasteiger partial charge in [-0.15, -0.1) is 0 Å². The van der Waals surface area contributed by atoms with Crippen LogP contribution in [0.3, 0.4) is 0 Å². The molecule has 0 aromatic heterocycles. The average molecular weight is 233 g/mol. The smallest absolute Gasteiger partial charge is 0.0524 e. The Labute approximate surface area is 100 Å². The molecule has 15 heavy (non-hydrogen) atoms. The maximum Gasteiger partial charge on any atom is 0.0524 e. The van der Waals surface area contributed by atoms with Gasteiger partial charge in [0.25, 0.3) is 0 Å². The summed E-state index contributed by atoms with van der Waals surface area (Å²) in [5.74, 6) is 1.52. The molecule has 0 aliphatic heterocycles. The Balaban J connectivity index is 3.97. The molecule has 2 atom stereocenters. The van der Waals surface area contributed by atoms with Gasteiger partial charge in [-0.05, 0) is 37.5 Å². The normalized spacial score (nSPS) is 16.8. The first-order valence-electron chi connectivity index (χ1n) is 5.74. The Morgan fingerprint density at radius 2 is 1.87 bits per heavy atom. The number of aliphatic hydroxyl groups is 1. The van der Waals surface area contributed by atoms with E-state index in [1.54, 1.807) is 0 Å². The van der Waals surface area contributed by atoms with Gasteiger partial charge in [-0.2, -0.15) is 12.6 Å². The summed E-state index contributed by atoms with van der Waals surface area (Å²) in [4.78, 5) is 2.29. The Bertz CT molecular complexity index is 165. The standard InChI is InChI=1S/C12H27NOS/c1-10(14)6-7-13(5)8-11(9-15)12(2,3)4/h10-11,14-15H,6-9H2,1-5H3. The lowest BCUT2D eigenvalue weighted by atomic mass is 9.81. The van der Waals surface area contributed by atoms with E-state index in [0.29, 0.717) is 11.3 Å². The van der Waals surface area contributed by atoms with Gasteiger partial charge in [-0.25, -0.2) is 0 Å². The Hall–Kier alpha value is 0.270. The third kappa shape index (κ3) is 7.20. The van der Waals surface area contributed by atoms with Crippen LogP contribution in [0.15, 0.2) is 0 Å². The first-order valence-corrected chi connectivity index (χ1v) is 6.38. The first-order chi connectivity index (χ1) is 6.77. The molecular weight excluding hydrogens is 206 g/mol. The lowest BCUT2D eigenvalue weighted by Crippen LogP contribution is -2.35. The monoisotopic (exact) mass is 233 g/mol. The molecule has 0 spiro atoms. The van der Waals surface area contributed by atoms with Gasteiger partial charge in [0, 0.05) is 13.1 Å². The van der Waals surface area contributed by atoms with E-state index in [2.05, 4.69) is 45.3 Å². The second kappa shape index (κ2) is 6.77. The number of nitrogens with zero attached hydrogens (tertiary/aromatic N) is 1. The summed E-state index contributed by atoms with van der Waals surface area (Å²) in [7, 11) is 2.12. The van der Waals surface area contributed by atoms with Gasteiger partial charge in [0.1, 0.15) is 0 Å². The van der Waals surface area contributed by atoms with Crippen molar-refractivity contribution in [3.8, 4) is 0 Å². The molecule has 0 amide bonds. The first kappa shape index (κ1) is 15.3. The Morgan fingerprint density at radius 3 is 2.20 bits per heavy atom. The van der Waals surface area contributed by atoms with Crippen LogP contribution in [-0.2, 0) is 0 Å². The number of thiol groups is 1. The summed E-state index contributed by atoms with van der Waals surface area (Å²) in [5.41, 5.74) is 0.306. The fourth-order valence-corrected chi connectivity index (χ4v) is 2.14. The second-order valence-corrected chi connectivity index (χ2v) is 6.01. The van der Waals surface area contributed by atoms with Crippen LogP contribution >= 0.6 is 12.6 Å². The third-order valence-electron chi connectivity index (χ3n) is 2.91. The maximum absolute atomic E-state index is 9.21. The zero-order valence-electron chi connectivity index (χ0n) is 10.8. The van der Waals surface area contributed by atoms with Gasteiger partial charge < -0.3 is 10.0 Å². The van der Waals surface area contributed by atoms with Crippen LogP contribution in [0.2, 0.25) is 0 Å². The number of rotatable bonds is 6. The van der Waals surface area contributed by atoms with Crippen LogP contribution in [-0.4, -0.2) is 42.0 Å². The molecule has 3 heteroatoms. The van der Waals surface area contributed by atoms with Crippen LogP contribution in [0.5, 0.6) is 0 Å². The van der Waals surface area contributed by atoms with Gasteiger partial charge in [0.15, 0.2) is 0 Å². The fraction of sp³-hybridized carbons (Fsp3) is 1.00. The molecule has 0 rings (SSSR count). The van der Waals surface area contributed by atoms with E-state index in [0.717, 1.165) is 25.3 Å². The van der Waals surface area contributed by atoms with E-state index >= 15 is 0 Å². The summed E-state index contributed by atoms with van der Waals surface area (Å²) < 4.78 is 0. The highest BCUT2D eigenvalue weighted by atomic mass is 32.1. The zero-order chi connectivity index (χ0) is 12.1. The minimum absolute atomic E-state index is 0.198. The highest BCUT2D eigenvalue weighted by Gasteiger charge is 2.24. The van der Waals surface area contributed by atoms with Crippen molar-refractivity contribution in [1.82, 2.24) is 4.90 Å². The Kier molecular flexibility index (Phi) is 6.89. The van der Waals surface area contributed by atoms with Crippen molar-refractivity contribution in [1.29, 1.82) is 0 Å². The fourth-order valence-electron chi connectivity index (χ4n) is 1.48. The summed E-state index contributed by atoms with van der Waals surface area (Å²) >= 11 is 4.42. The van der Waals surface area contributed by atoms with Crippen molar-refractivity contribution in [2.75, 3.05) is 25.9 Å². The van der Waals surface area contributed by atoms with Crippen LogP contribution < -0.4 is 0 Å². The minimum Gasteiger partial charge on any atom is -0.393 e. The van der Waals surface area contributed by atoms with Crippen LogP contribution in [0.4, 0.5) is 0 Å². The molecule has 1 N–H and O–H groups in total. The van der Waals surface area contributed by atoms with Crippen molar-refractivity contribution >= 4 is 12.6 Å². The summed E-state index contributed by atoms with van der Waals surface area (Å²) in [6, 6.07) is 0. The quantitative estimate of drug-likeness (QED) is 0.688. The van der Waals surface area contributed by atoms with Crippen LogP contribution in [0.1, 0.15) is 34.1 Å². The molecule has 0 radical (unpaired) electrons. The van der Waals surface area contributed by atoms with Crippen LogP contribution in [0, 0.1) is 11.3 Å². The minimum atomic E-state index is -0.198. The van der Waals surface area contributed by atoms with Gasteiger partial charge in [-0.1, -0.05) is 20.8 Å². The largest absolute Gasteiger partial charge is 0.393 e. The van der Waals surface area contributed by atoms with Gasteiger partial charge >= 0.3 is 0 Å². The van der Waals surface area contributed by atoms with E-state index in [1.807, 2.05) is 6.92 Å². The predicted octanol–water partition coefficient (Wildman–Crippen LogP) is 2.28. The molecule has 2 unspecified atom stereocenters. The summed E-state index contributed by atoms with van der Waals surface area (Å²) in [6.07, 6.45) is 0.650. The SMILES string of the molecule is CC(O)CCN(C)CC(CS)C(C)(C)C. The average Bonchev–Trinajstić information content (AvgIpc) is 2.08. The lowest BCUT2D eigenvalue weighted by Gasteiger charge is -2.33. The second-order valence-electron chi connectivity index (χ2n) is 5.65. The van der Waals surface area contributed by atoms with Gasteiger partial charge in [0.05, 0.1) is 6.10 Å². The Morgan fingerprint density at radius 1 is 1.33 bits per heavy atom.